The van der Waals surface area contributed by atoms with Gasteiger partial charge in [0.15, 0.2) is 23.6 Å². The van der Waals surface area contributed by atoms with Crippen molar-refractivity contribution in [2.45, 2.75) is 58.0 Å². The van der Waals surface area contributed by atoms with E-state index < -0.39 is 53.5 Å². The third-order valence-electron chi connectivity index (χ3n) is 5.31. The highest BCUT2D eigenvalue weighted by Crippen LogP contribution is 2.40. The molecule has 0 saturated carbocycles. The predicted octanol–water partition coefficient (Wildman–Crippen LogP) is 1.98. The van der Waals surface area contributed by atoms with Crippen LogP contribution >= 0.6 is 0 Å². The molecule has 0 bridgehead atoms. The third-order valence-corrected chi connectivity index (χ3v) is 5.31. The summed E-state index contributed by atoms with van der Waals surface area (Å²) >= 11 is 0. The van der Waals surface area contributed by atoms with Crippen molar-refractivity contribution in [3.05, 3.63) is 48.6 Å². The highest BCUT2D eigenvalue weighted by molar-refractivity contribution is 5.98. The molecule has 31 heavy (non-hydrogen) atoms. The molecule has 0 aromatic heterocycles. The molecule has 8 nitrogen and oxygen atoms in total. The van der Waals surface area contributed by atoms with E-state index in [-0.39, 0.29) is 11.5 Å². The van der Waals surface area contributed by atoms with Crippen LogP contribution in [-0.2, 0) is 33.4 Å². The molecule has 1 saturated heterocycles. The lowest BCUT2D eigenvalue weighted by molar-refractivity contribution is -0.192. The Bertz CT molecular complexity index is 848. The quantitative estimate of drug-likeness (QED) is 0.407. The van der Waals surface area contributed by atoms with Crippen molar-refractivity contribution in [1.82, 2.24) is 0 Å². The molecule has 168 valence electrons. The average Bonchev–Trinajstić information content (AvgIpc) is 2.95. The predicted molar refractivity (Wildman–Crippen MR) is 110 cm³/mol. The minimum Gasteiger partial charge on any atom is -0.458 e. The fraction of sp³-hybridized carbons (Fsp3) is 0.478. The molecule has 1 aliphatic heterocycles. The lowest BCUT2D eigenvalue weighted by Gasteiger charge is -2.39. The first-order chi connectivity index (χ1) is 14.5. The van der Waals surface area contributed by atoms with Crippen LogP contribution in [0.4, 0.5) is 0 Å². The van der Waals surface area contributed by atoms with Crippen LogP contribution in [0.5, 0.6) is 0 Å². The Labute approximate surface area is 181 Å². The number of fused-ring (bicyclic) bond motifs is 1. The molecular weight excluding hydrogens is 404 g/mol. The van der Waals surface area contributed by atoms with Crippen LogP contribution in [0, 0.1) is 11.8 Å². The van der Waals surface area contributed by atoms with E-state index in [1.807, 2.05) is 6.92 Å². The van der Waals surface area contributed by atoms with Gasteiger partial charge in [-0.1, -0.05) is 31.7 Å². The summed E-state index contributed by atoms with van der Waals surface area (Å²) in [6.45, 7) is 9.95. The highest BCUT2D eigenvalue weighted by Gasteiger charge is 2.55. The maximum absolute atomic E-state index is 12.8. The van der Waals surface area contributed by atoms with Gasteiger partial charge >= 0.3 is 17.9 Å². The normalized spacial score (nSPS) is 34.0. The fourth-order valence-corrected chi connectivity index (χ4v) is 3.69. The standard InChI is InChI=1S/C23H28O8/c1-6-8-17(25)30-20-19-14(4)22(27)29-15(19)12-13(3)10-11-16(24)23(5,28)21(20)31-18(26)9-7-2/h6-11,13,15,19-21,28H,4,12H2,1-3,5H3. The summed E-state index contributed by atoms with van der Waals surface area (Å²) in [4.78, 5) is 49.8. The minimum atomic E-state index is -2.26. The Morgan fingerprint density at radius 1 is 1.19 bits per heavy atom. The van der Waals surface area contributed by atoms with E-state index in [1.54, 1.807) is 19.9 Å². The van der Waals surface area contributed by atoms with Gasteiger partial charge in [0.2, 0.25) is 0 Å². The summed E-state index contributed by atoms with van der Waals surface area (Å²) in [5, 5.41) is 11.1. The maximum atomic E-state index is 12.8. The van der Waals surface area contributed by atoms with E-state index in [2.05, 4.69) is 6.58 Å². The first-order valence-corrected chi connectivity index (χ1v) is 10.0. The maximum Gasteiger partial charge on any atom is 0.334 e. The second kappa shape index (κ2) is 9.87. The van der Waals surface area contributed by atoms with E-state index in [1.165, 1.54) is 25.2 Å². The zero-order valence-corrected chi connectivity index (χ0v) is 18.1. The number of esters is 3. The molecular formula is C23H28O8. The summed E-state index contributed by atoms with van der Waals surface area (Å²) in [5.41, 5.74) is -2.25. The number of allylic oxidation sites excluding steroid dienone is 3. The molecule has 0 aromatic carbocycles. The molecule has 1 heterocycles. The van der Waals surface area contributed by atoms with Gasteiger partial charge in [0.25, 0.3) is 0 Å². The van der Waals surface area contributed by atoms with Crippen LogP contribution in [0.2, 0.25) is 0 Å². The van der Waals surface area contributed by atoms with E-state index in [0.29, 0.717) is 6.42 Å². The van der Waals surface area contributed by atoms with Gasteiger partial charge in [0, 0.05) is 17.7 Å². The smallest absolute Gasteiger partial charge is 0.334 e. The van der Waals surface area contributed by atoms with Crippen LogP contribution in [0.3, 0.4) is 0 Å². The lowest BCUT2D eigenvalue weighted by Crippen LogP contribution is -2.58. The first-order valence-electron chi connectivity index (χ1n) is 10.0. The number of aliphatic hydroxyl groups is 1. The van der Waals surface area contributed by atoms with Gasteiger partial charge in [-0.05, 0) is 39.2 Å². The number of hydrogen-bond acceptors (Lipinski definition) is 8. The van der Waals surface area contributed by atoms with Crippen molar-refractivity contribution in [1.29, 1.82) is 0 Å². The Morgan fingerprint density at radius 3 is 2.35 bits per heavy atom. The molecule has 1 aliphatic carbocycles. The van der Waals surface area contributed by atoms with Crippen LogP contribution < -0.4 is 0 Å². The highest BCUT2D eigenvalue weighted by atomic mass is 16.6. The van der Waals surface area contributed by atoms with Crippen molar-refractivity contribution >= 4 is 23.7 Å². The van der Waals surface area contributed by atoms with Crippen LogP contribution in [-0.4, -0.2) is 52.7 Å². The number of hydrogen-bond donors (Lipinski definition) is 1. The third kappa shape index (κ3) is 5.38. The molecule has 0 radical (unpaired) electrons. The molecule has 0 aromatic rings. The van der Waals surface area contributed by atoms with Crippen molar-refractivity contribution < 1.29 is 38.5 Å². The number of carbonyl (C=O) groups is 4. The molecule has 1 N–H and O–H groups in total. The molecule has 0 spiro atoms. The number of rotatable bonds is 4. The molecule has 6 atom stereocenters. The summed E-state index contributed by atoms with van der Waals surface area (Å²) in [7, 11) is 0. The van der Waals surface area contributed by atoms with Crippen molar-refractivity contribution in [3.63, 3.8) is 0 Å². The Kier molecular flexibility index (Phi) is 7.73. The van der Waals surface area contributed by atoms with Gasteiger partial charge in [-0.3, -0.25) is 4.79 Å². The van der Waals surface area contributed by atoms with Crippen molar-refractivity contribution in [2.24, 2.45) is 11.8 Å². The molecule has 0 amide bonds. The Morgan fingerprint density at radius 2 is 1.77 bits per heavy atom. The largest absolute Gasteiger partial charge is 0.458 e. The lowest BCUT2D eigenvalue weighted by atomic mass is 9.77. The zero-order chi connectivity index (χ0) is 23.3. The van der Waals surface area contributed by atoms with Crippen LogP contribution in [0.1, 0.15) is 34.1 Å². The SMILES string of the molecule is C=C1C(=O)OC2CC(C)C=CC(=O)C(C)(O)C(OC(=O)C=CC)C(OC(=O)C=CC)C12. The number of carbonyl (C=O) groups excluding carboxylic acids is 4. The second-order valence-electron chi connectivity index (χ2n) is 7.84. The van der Waals surface area contributed by atoms with Gasteiger partial charge in [0.1, 0.15) is 6.10 Å². The van der Waals surface area contributed by atoms with E-state index in [4.69, 9.17) is 14.2 Å². The van der Waals surface area contributed by atoms with Gasteiger partial charge in [-0.2, -0.15) is 0 Å². The monoisotopic (exact) mass is 432 g/mol. The van der Waals surface area contributed by atoms with Gasteiger partial charge in [0.05, 0.1) is 5.92 Å². The van der Waals surface area contributed by atoms with Gasteiger partial charge in [-0.15, -0.1) is 0 Å². The molecule has 8 heteroatoms. The van der Waals surface area contributed by atoms with Crippen LogP contribution in [0.25, 0.3) is 0 Å². The molecule has 2 aliphatic rings. The number of ether oxygens (including phenoxy) is 3. The zero-order valence-electron chi connectivity index (χ0n) is 18.1. The minimum absolute atomic E-state index is 0.00960. The first kappa shape index (κ1) is 24.3. The van der Waals surface area contributed by atoms with E-state index in [9.17, 15) is 24.3 Å². The second-order valence-corrected chi connectivity index (χ2v) is 7.84. The molecule has 1 fully saturated rings. The van der Waals surface area contributed by atoms with Crippen LogP contribution in [0.15, 0.2) is 48.6 Å². The van der Waals surface area contributed by atoms with Crippen molar-refractivity contribution in [3.8, 4) is 0 Å². The van der Waals surface area contributed by atoms with E-state index in [0.717, 1.165) is 12.2 Å². The summed E-state index contributed by atoms with van der Waals surface area (Å²) in [6, 6.07) is 0. The molecule has 2 rings (SSSR count). The summed E-state index contributed by atoms with van der Waals surface area (Å²) in [6.07, 6.45) is 4.41. The Balaban J connectivity index is 2.68. The van der Waals surface area contributed by atoms with Gasteiger partial charge in [-0.25, -0.2) is 14.4 Å². The summed E-state index contributed by atoms with van der Waals surface area (Å²) < 4.78 is 16.4. The summed E-state index contributed by atoms with van der Waals surface area (Å²) in [5.74, 6) is -4.19. The Hall–Kier alpha value is -3.00. The average molecular weight is 432 g/mol. The van der Waals surface area contributed by atoms with Gasteiger partial charge < -0.3 is 19.3 Å². The topological polar surface area (TPSA) is 116 Å². The van der Waals surface area contributed by atoms with Crippen molar-refractivity contribution in [2.75, 3.05) is 0 Å². The van der Waals surface area contributed by atoms with E-state index >= 15 is 0 Å². The number of ketones is 1. The molecule has 6 unspecified atom stereocenters. The fourth-order valence-electron chi connectivity index (χ4n) is 3.69.